The van der Waals surface area contributed by atoms with Crippen LogP contribution in [0.1, 0.15) is 36.0 Å². The summed E-state index contributed by atoms with van der Waals surface area (Å²) in [5.74, 6) is -0.455. The van der Waals surface area contributed by atoms with Gasteiger partial charge in [-0.1, -0.05) is 17.8 Å². The molecule has 194 valence electrons. The second kappa shape index (κ2) is 10.1. The number of primary amides is 1. The molecule has 10 heteroatoms. The molecule has 0 radical (unpaired) electrons. The lowest BCUT2D eigenvalue weighted by Gasteiger charge is -2.34. The van der Waals surface area contributed by atoms with Gasteiger partial charge in [-0.2, -0.15) is 13.2 Å². The van der Waals surface area contributed by atoms with E-state index in [-0.39, 0.29) is 17.9 Å². The largest absolute Gasteiger partial charge is 0.416 e. The van der Waals surface area contributed by atoms with Crippen molar-refractivity contribution >= 4 is 29.0 Å². The van der Waals surface area contributed by atoms with Crippen LogP contribution in [0.5, 0.6) is 0 Å². The number of alkyl halides is 3. The highest BCUT2D eigenvalue weighted by Gasteiger charge is 2.34. The molecule has 3 aliphatic rings. The Kier molecular flexibility index (Phi) is 7.11. The van der Waals surface area contributed by atoms with Gasteiger partial charge in [-0.25, -0.2) is 0 Å². The van der Waals surface area contributed by atoms with Crippen LogP contribution < -0.4 is 21.7 Å². The van der Waals surface area contributed by atoms with Gasteiger partial charge in [-0.05, 0) is 54.7 Å². The average molecular weight is 520 g/mol. The minimum Gasteiger partial charge on any atom is -0.382 e. The zero-order valence-electron chi connectivity index (χ0n) is 20.1. The van der Waals surface area contributed by atoms with E-state index in [0.717, 1.165) is 67.2 Å². The van der Waals surface area contributed by atoms with Crippen molar-refractivity contribution in [2.45, 2.75) is 47.7 Å². The topological polar surface area (TPSA) is 87.6 Å². The van der Waals surface area contributed by atoms with E-state index >= 15 is 0 Å². The van der Waals surface area contributed by atoms with E-state index in [4.69, 9.17) is 11.5 Å². The van der Waals surface area contributed by atoms with Crippen molar-refractivity contribution in [3.8, 4) is 0 Å². The number of halogens is 3. The lowest BCUT2D eigenvalue weighted by atomic mass is 9.98. The third-order valence-electron chi connectivity index (χ3n) is 7.52. The zero-order valence-corrected chi connectivity index (χ0v) is 20.9. The molecule has 1 unspecified atom stereocenters. The molecule has 5 rings (SSSR count). The fraction of sp³-hybridized carbons (Fsp3) is 0.500. The Morgan fingerprint density at radius 1 is 1.08 bits per heavy atom. The van der Waals surface area contributed by atoms with E-state index in [2.05, 4.69) is 21.2 Å². The number of nitrogens with one attached hydrogen (secondary N) is 1. The van der Waals surface area contributed by atoms with Crippen LogP contribution in [0.2, 0.25) is 0 Å². The number of carbonyl (C=O) groups is 1. The summed E-state index contributed by atoms with van der Waals surface area (Å²) in [5, 5.41) is 3.46. The summed E-state index contributed by atoms with van der Waals surface area (Å²) >= 11 is 1.40. The summed E-state index contributed by atoms with van der Waals surface area (Å²) < 4.78 is 41.5. The first-order chi connectivity index (χ1) is 17.2. The first-order valence-electron chi connectivity index (χ1n) is 12.5. The maximum absolute atomic E-state index is 13.8. The number of hydrogen-bond acceptors (Lipinski definition) is 6. The molecule has 2 aromatic carbocycles. The highest BCUT2D eigenvalue weighted by molar-refractivity contribution is 7.99. The van der Waals surface area contributed by atoms with Crippen molar-refractivity contribution in [3.05, 3.63) is 47.0 Å². The van der Waals surface area contributed by atoms with Crippen LogP contribution in [-0.2, 0) is 17.4 Å². The van der Waals surface area contributed by atoms with Crippen LogP contribution >= 0.6 is 11.8 Å². The number of piperidine rings is 1. The van der Waals surface area contributed by atoms with Gasteiger partial charge in [-0.3, -0.25) is 4.79 Å². The molecule has 0 spiro atoms. The van der Waals surface area contributed by atoms with E-state index in [1.165, 1.54) is 23.9 Å². The number of rotatable bonds is 6. The van der Waals surface area contributed by atoms with Gasteiger partial charge < -0.3 is 26.6 Å². The highest BCUT2D eigenvalue weighted by atomic mass is 32.2. The Morgan fingerprint density at radius 3 is 2.53 bits per heavy atom. The molecule has 2 saturated heterocycles. The molecule has 1 amide bonds. The maximum Gasteiger partial charge on any atom is 0.416 e. The van der Waals surface area contributed by atoms with Crippen molar-refractivity contribution in [2.75, 3.05) is 49.5 Å². The molecule has 1 atom stereocenters. The number of hydrogen-bond donors (Lipinski definition) is 3. The standard InChI is InChI=1S/C26H32F3N5OS/c27-26(28,29)18-12-22(32-19-4-7-33(8-5-19)10-6-30)21-11-16-1-2-20(14-23(16)36-24(21)13-18)34-9-3-17(15-34)25(31)35/h1-2,12-14,17,19,32H,3-11,15,30H2,(H2,31,35). The molecule has 0 aliphatic carbocycles. The zero-order chi connectivity index (χ0) is 25.4. The van der Waals surface area contributed by atoms with Gasteiger partial charge >= 0.3 is 6.18 Å². The van der Waals surface area contributed by atoms with E-state index in [0.29, 0.717) is 30.1 Å². The number of carbonyl (C=O) groups excluding carboxylic acids is 1. The number of amides is 1. The van der Waals surface area contributed by atoms with Crippen molar-refractivity contribution in [2.24, 2.45) is 17.4 Å². The smallest absolute Gasteiger partial charge is 0.382 e. The Bertz CT molecular complexity index is 1130. The number of benzene rings is 2. The summed E-state index contributed by atoms with van der Waals surface area (Å²) in [4.78, 5) is 17.6. The van der Waals surface area contributed by atoms with Crippen molar-refractivity contribution in [1.29, 1.82) is 0 Å². The minimum absolute atomic E-state index is 0.133. The fourth-order valence-electron chi connectivity index (χ4n) is 5.43. The number of nitrogens with zero attached hydrogens (tertiary/aromatic N) is 2. The molecule has 6 nitrogen and oxygen atoms in total. The van der Waals surface area contributed by atoms with E-state index in [1.54, 1.807) is 0 Å². The second-order valence-corrected chi connectivity index (χ2v) is 11.0. The predicted octanol–water partition coefficient (Wildman–Crippen LogP) is 3.91. The average Bonchev–Trinajstić information content (AvgIpc) is 3.34. The fourth-order valence-corrected chi connectivity index (χ4v) is 6.61. The number of anilines is 2. The first kappa shape index (κ1) is 25.2. The minimum atomic E-state index is -4.42. The summed E-state index contributed by atoms with van der Waals surface area (Å²) in [6.45, 7) is 4.56. The Balaban J connectivity index is 1.39. The molecular weight excluding hydrogens is 487 g/mol. The van der Waals surface area contributed by atoms with Crippen molar-refractivity contribution < 1.29 is 18.0 Å². The Labute approximate surface area is 213 Å². The summed E-state index contributed by atoms with van der Waals surface area (Å²) in [5.41, 5.74) is 14.1. The van der Waals surface area contributed by atoms with Crippen LogP contribution in [0, 0.1) is 5.92 Å². The van der Waals surface area contributed by atoms with Crippen LogP contribution in [0.4, 0.5) is 24.5 Å². The van der Waals surface area contributed by atoms with Crippen molar-refractivity contribution in [1.82, 2.24) is 4.90 Å². The number of nitrogens with two attached hydrogens (primary N) is 2. The molecule has 0 saturated carbocycles. The van der Waals surface area contributed by atoms with E-state index in [1.807, 2.05) is 12.1 Å². The third kappa shape index (κ3) is 5.31. The molecule has 0 aromatic heterocycles. The lowest BCUT2D eigenvalue weighted by Crippen LogP contribution is -2.41. The van der Waals surface area contributed by atoms with Gasteiger partial charge in [0.05, 0.1) is 11.5 Å². The quantitative estimate of drug-likeness (QED) is 0.458. The summed E-state index contributed by atoms with van der Waals surface area (Å²) in [6.07, 6.45) is -1.37. The molecule has 2 fully saturated rings. The Hall–Kier alpha value is -2.43. The summed E-state index contributed by atoms with van der Waals surface area (Å²) in [6, 6.07) is 8.83. The SMILES string of the molecule is NCCN1CCC(Nc2cc(C(F)(F)F)cc3c2Cc2ccc(N4CCC(C(N)=O)C4)cc2S3)CC1. The third-order valence-corrected chi connectivity index (χ3v) is 8.71. The molecule has 3 aliphatic heterocycles. The van der Waals surface area contributed by atoms with Crippen LogP contribution in [0.25, 0.3) is 0 Å². The lowest BCUT2D eigenvalue weighted by molar-refractivity contribution is -0.137. The van der Waals surface area contributed by atoms with Gasteiger partial charge in [-0.15, -0.1) is 0 Å². The molecule has 5 N–H and O–H groups in total. The number of fused-ring (bicyclic) bond motifs is 2. The van der Waals surface area contributed by atoms with E-state index in [9.17, 15) is 18.0 Å². The second-order valence-electron chi connectivity index (χ2n) is 9.95. The maximum atomic E-state index is 13.8. The molecule has 0 bridgehead atoms. The van der Waals surface area contributed by atoms with Crippen molar-refractivity contribution in [3.63, 3.8) is 0 Å². The van der Waals surface area contributed by atoms with Gasteiger partial charge in [0.2, 0.25) is 5.91 Å². The van der Waals surface area contributed by atoms with Crippen LogP contribution in [0.15, 0.2) is 40.1 Å². The highest BCUT2D eigenvalue weighted by Crippen LogP contribution is 2.47. The number of likely N-dealkylation sites (tertiary alicyclic amines) is 1. The van der Waals surface area contributed by atoms with Gasteiger partial charge in [0, 0.05) is 72.9 Å². The van der Waals surface area contributed by atoms with Crippen LogP contribution in [-0.4, -0.2) is 56.1 Å². The normalized spacial score (nSPS) is 20.8. The van der Waals surface area contributed by atoms with Crippen LogP contribution in [0.3, 0.4) is 0 Å². The Morgan fingerprint density at radius 2 is 1.86 bits per heavy atom. The molecular formula is C26H32F3N5OS. The predicted molar refractivity (Wildman–Crippen MR) is 136 cm³/mol. The molecule has 36 heavy (non-hydrogen) atoms. The van der Waals surface area contributed by atoms with Gasteiger partial charge in [0.25, 0.3) is 0 Å². The first-order valence-corrected chi connectivity index (χ1v) is 13.3. The monoisotopic (exact) mass is 519 g/mol. The van der Waals surface area contributed by atoms with Gasteiger partial charge in [0.15, 0.2) is 0 Å². The molecule has 2 aromatic rings. The van der Waals surface area contributed by atoms with Gasteiger partial charge in [0.1, 0.15) is 0 Å². The summed E-state index contributed by atoms with van der Waals surface area (Å²) in [7, 11) is 0. The molecule has 3 heterocycles. The van der Waals surface area contributed by atoms with E-state index < -0.39 is 11.7 Å².